The average molecular weight is 181 g/mol. The minimum absolute atomic E-state index is 1.05. The van der Waals surface area contributed by atoms with Gasteiger partial charge in [-0.15, -0.1) is 11.3 Å². The van der Waals surface area contributed by atoms with Crippen molar-refractivity contribution in [2.24, 2.45) is 0 Å². The fourth-order valence-corrected chi connectivity index (χ4v) is 2.07. The molecule has 12 heavy (non-hydrogen) atoms. The van der Waals surface area contributed by atoms with E-state index < -0.39 is 0 Å². The van der Waals surface area contributed by atoms with E-state index in [1.165, 1.54) is 29.8 Å². The van der Waals surface area contributed by atoms with E-state index in [4.69, 9.17) is 0 Å². The molecule has 0 bridgehead atoms. The predicted molar refractivity (Wildman–Crippen MR) is 55.6 cm³/mol. The molecule has 1 aromatic rings. The zero-order valence-corrected chi connectivity index (χ0v) is 8.58. The highest BCUT2D eigenvalue weighted by molar-refractivity contribution is 7.12. The maximum atomic E-state index is 4.38. The third-order valence-corrected chi connectivity index (χ3v) is 3.05. The molecule has 0 unspecified atom stereocenters. The van der Waals surface area contributed by atoms with Gasteiger partial charge < -0.3 is 0 Å². The van der Waals surface area contributed by atoms with Crippen molar-refractivity contribution in [3.8, 4) is 0 Å². The zero-order valence-electron chi connectivity index (χ0n) is 7.76. The second kappa shape index (κ2) is 4.41. The van der Waals surface area contributed by atoms with Gasteiger partial charge >= 0.3 is 0 Å². The quantitative estimate of drug-likeness (QED) is 0.693. The molecule has 0 aromatic carbocycles. The minimum Gasteiger partial charge on any atom is -0.242 e. The normalized spacial score (nSPS) is 10.2. The molecule has 2 heteroatoms. The summed E-state index contributed by atoms with van der Waals surface area (Å²) in [6.45, 7) is 8.00. The van der Waals surface area contributed by atoms with Gasteiger partial charge in [0, 0.05) is 4.88 Å². The molecule has 0 N–H and O–H groups in total. The van der Waals surface area contributed by atoms with Crippen molar-refractivity contribution < 1.29 is 0 Å². The van der Waals surface area contributed by atoms with Crippen LogP contribution in [0.1, 0.15) is 35.3 Å². The molecule has 0 saturated heterocycles. The molecule has 1 heterocycles. The van der Waals surface area contributed by atoms with Gasteiger partial charge in [0.15, 0.2) is 0 Å². The van der Waals surface area contributed by atoms with E-state index in [0.29, 0.717) is 0 Å². The van der Waals surface area contributed by atoms with Gasteiger partial charge in [0.1, 0.15) is 5.01 Å². The first-order valence-corrected chi connectivity index (χ1v) is 5.18. The molecule has 0 atom stereocenters. The number of aryl methyl sites for hydroxylation is 2. The van der Waals surface area contributed by atoms with Crippen molar-refractivity contribution >= 4 is 17.4 Å². The molecular formula is C10H15NS. The van der Waals surface area contributed by atoms with Crippen LogP contribution in [0.4, 0.5) is 0 Å². The van der Waals surface area contributed by atoms with Crippen molar-refractivity contribution in [1.82, 2.24) is 4.98 Å². The van der Waals surface area contributed by atoms with Crippen molar-refractivity contribution in [2.45, 2.75) is 33.1 Å². The van der Waals surface area contributed by atoms with E-state index in [-0.39, 0.29) is 0 Å². The maximum absolute atomic E-state index is 4.38. The van der Waals surface area contributed by atoms with Crippen LogP contribution in [-0.4, -0.2) is 4.98 Å². The van der Waals surface area contributed by atoms with E-state index in [9.17, 15) is 0 Å². The van der Waals surface area contributed by atoms with Crippen LogP contribution in [0.3, 0.4) is 0 Å². The highest BCUT2D eigenvalue weighted by Gasteiger charge is 2.03. The van der Waals surface area contributed by atoms with Gasteiger partial charge in [0.2, 0.25) is 0 Å². The summed E-state index contributed by atoms with van der Waals surface area (Å²) in [5.41, 5.74) is 1.18. The molecule has 0 saturated carbocycles. The van der Waals surface area contributed by atoms with E-state index in [1.54, 1.807) is 11.3 Å². The molecule has 1 nitrogen and oxygen atoms in total. The molecule has 0 radical (unpaired) electrons. The Bertz CT molecular complexity index is 263. The van der Waals surface area contributed by atoms with Gasteiger partial charge in [-0.2, -0.15) is 0 Å². The topological polar surface area (TPSA) is 12.9 Å². The first-order chi connectivity index (χ1) is 5.77. The molecule has 0 aliphatic rings. The summed E-state index contributed by atoms with van der Waals surface area (Å²) in [7, 11) is 0. The lowest BCUT2D eigenvalue weighted by Crippen LogP contribution is -1.82. The molecule has 0 aliphatic heterocycles. The van der Waals surface area contributed by atoms with Gasteiger partial charge in [-0.3, -0.25) is 0 Å². The Hall–Kier alpha value is -0.630. The first-order valence-electron chi connectivity index (χ1n) is 4.36. The summed E-state index contributed by atoms with van der Waals surface area (Å²) in [6, 6.07) is 0. The largest absolute Gasteiger partial charge is 0.242 e. The number of unbranched alkanes of at least 4 members (excludes halogenated alkanes) is 1. The van der Waals surface area contributed by atoms with Crippen LogP contribution in [0.5, 0.6) is 0 Å². The molecule has 0 amide bonds. The Labute approximate surface area is 78.2 Å². The number of rotatable bonds is 4. The highest BCUT2D eigenvalue weighted by Crippen LogP contribution is 2.20. The van der Waals surface area contributed by atoms with Crippen LogP contribution in [-0.2, 0) is 6.42 Å². The summed E-state index contributed by atoms with van der Waals surface area (Å²) in [5.74, 6) is 0. The van der Waals surface area contributed by atoms with Gasteiger partial charge in [0.25, 0.3) is 0 Å². The molecule has 66 valence electrons. The van der Waals surface area contributed by atoms with E-state index >= 15 is 0 Å². The number of aromatic nitrogens is 1. The zero-order chi connectivity index (χ0) is 8.97. The van der Waals surface area contributed by atoms with Crippen LogP contribution >= 0.6 is 11.3 Å². The van der Waals surface area contributed by atoms with Crippen molar-refractivity contribution in [2.75, 3.05) is 0 Å². The van der Waals surface area contributed by atoms with Crippen LogP contribution in [0.15, 0.2) is 6.58 Å². The summed E-state index contributed by atoms with van der Waals surface area (Å²) in [4.78, 5) is 5.81. The van der Waals surface area contributed by atoms with Gasteiger partial charge in [-0.25, -0.2) is 4.98 Å². The maximum Gasteiger partial charge on any atom is 0.115 e. The second-order valence-electron chi connectivity index (χ2n) is 2.87. The fourth-order valence-electron chi connectivity index (χ4n) is 1.11. The first kappa shape index (κ1) is 9.46. The Morgan fingerprint density at radius 2 is 2.33 bits per heavy atom. The predicted octanol–water partition coefficient (Wildman–Crippen LogP) is 3.44. The molecule has 1 aromatic heterocycles. The summed E-state index contributed by atoms with van der Waals surface area (Å²) >= 11 is 1.77. The molecule has 0 fully saturated rings. The van der Waals surface area contributed by atoms with Crippen LogP contribution in [0.2, 0.25) is 0 Å². The van der Waals surface area contributed by atoms with Crippen molar-refractivity contribution in [1.29, 1.82) is 0 Å². The number of nitrogens with zero attached hydrogens (tertiary/aromatic N) is 1. The Kier molecular flexibility index (Phi) is 3.48. The van der Waals surface area contributed by atoms with Crippen molar-refractivity contribution in [3.05, 3.63) is 22.2 Å². The third kappa shape index (κ3) is 2.18. The SMILES string of the molecule is C=Cc1nc(C)c(CCCC)s1. The Morgan fingerprint density at radius 1 is 1.58 bits per heavy atom. The number of hydrogen-bond donors (Lipinski definition) is 0. The van der Waals surface area contributed by atoms with E-state index in [1.807, 2.05) is 6.08 Å². The lowest BCUT2D eigenvalue weighted by molar-refractivity contribution is 0.798. The lowest BCUT2D eigenvalue weighted by Gasteiger charge is -1.93. The molecule has 0 spiro atoms. The lowest BCUT2D eigenvalue weighted by atomic mass is 10.2. The minimum atomic E-state index is 1.05. The average Bonchev–Trinajstić information content (AvgIpc) is 2.43. The van der Waals surface area contributed by atoms with Crippen LogP contribution in [0.25, 0.3) is 6.08 Å². The highest BCUT2D eigenvalue weighted by atomic mass is 32.1. The standard InChI is InChI=1S/C10H15NS/c1-4-6-7-9-8(3)11-10(5-2)12-9/h5H,2,4,6-7H2,1,3H3. The van der Waals surface area contributed by atoms with Gasteiger partial charge in [0.05, 0.1) is 5.69 Å². The molecular weight excluding hydrogens is 166 g/mol. The smallest absolute Gasteiger partial charge is 0.115 e. The summed E-state index contributed by atoms with van der Waals surface area (Å²) in [5, 5.41) is 1.05. The Morgan fingerprint density at radius 3 is 2.83 bits per heavy atom. The molecule has 1 rings (SSSR count). The van der Waals surface area contributed by atoms with E-state index in [2.05, 4.69) is 25.4 Å². The van der Waals surface area contributed by atoms with Crippen molar-refractivity contribution in [3.63, 3.8) is 0 Å². The third-order valence-electron chi connectivity index (χ3n) is 1.84. The summed E-state index contributed by atoms with van der Waals surface area (Å²) < 4.78 is 0. The van der Waals surface area contributed by atoms with Crippen LogP contribution < -0.4 is 0 Å². The van der Waals surface area contributed by atoms with Crippen LogP contribution in [0, 0.1) is 6.92 Å². The molecule has 0 aliphatic carbocycles. The van der Waals surface area contributed by atoms with Gasteiger partial charge in [-0.1, -0.05) is 19.9 Å². The Balaban J connectivity index is 2.70. The second-order valence-corrected chi connectivity index (χ2v) is 3.98. The monoisotopic (exact) mass is 181 g/mol. The van der Waals surface area contributed by atoms with Gasteiger partial charge in [-0.05, 0) is 25.8 Å². The number of thiazole rings is 1. The fraction of sp³-hybridized carbons (Fsp3) is 0.500. The summed E-state index contributed by atoms with van der Waals surface area (Å²) in [6.07, 6.45) is 5.52. The number of hydrogen-bond acceptors (Lipinski definition) is 2. The van der Waals surface area contributed by atoms with E-state index in [0.717, 1.165) is 5.01 Å².